The van der Waals surface area contributed by atoms with Crippen molar-refractivity contribution in [3.8, 4) is 0 Å². The monoisotopic (exact) mass is 312 g/mol. The Hall–Kier alpha value is -1.36. The lowest BCUT2D eigenvalue weighted by molar-refractivity contribution is -0.130. The van der Waals surface area contributed by atoms with Gasteiger partial charge in [0, 0.05) is 18.6 Å². The average Bonchev–Trinajstić information content (AvgIpc) is 2.31. The van der Waals surface area contributed by atoms with E-state index in [2.05, 4.69) is 21.2 Å². The lowest BCUT2D eigenvalue weighted by atomic mass is 10.1. The Bertz CT molecular complexity index is 472. The Morgan fingerprint density at radius 2 is 1.94 bits per heavy atom. The minimum absolute atomic E-state index is 0.132. The van der Waals surface area contributed by atoms with E-state index in [0.717, 1.165) is 10.0 Å². The van der Waals surface area contributed by atoms with Crippen molar-refractivity contribution in [1.82, 2.24) is 10.2 Å². The Morgan fingerprint density at radius 1 is 1.33 bits per heavy atom. The number of hydrogen-bond acceptors (Lipinski definition) is 2. The number of benzene rings is 1. The zero-order chi connectivity index (χ0) is 13.9. The van der Waals surface area contributed by atoms with Crippen LogP contribution < -0.4 is 5.32 Å². The molecule has 1 aromatic carbocycles. The van der Waals surface area contributed by atoms with Crippen LogP contribution in [0.25, 0.3) is 0 Å². The molecule has 0 saturated carbocycles. The first-order chi connectivity index (χ1) is 8.34. The van der Waals surface area contributed by atoms with E-state index < -0.39 is 6.04 Å². The van der Waals surface area contributed by atoms with Crippen LogP contribution in [0.4, 0.5) is 0 Å². The molecule has 4 nitrogen and oxygen atoms in total. The summed E-state index contributed by atoms with van der Waals surface area (Å²) in [6.07, 6.45) is 0. The second-order valence-electron chi connectivity index (χ2n) is 4.36. The highest BCUT2D eigenvalue weighted by atomic mass is 79.9. The molecule has 0 saturated heterocycles. The number of amides is 2. The van der Waals surface area contributed by atoms with Gasteiger partial charge < -0.3 is 10.2 Å². The highest BCUT2D eigenvalue weighted by Crippen LogP contribution is 2.20. The van der Waals surface area contributed by atoms with E-state index in [0.29, 0.717) is 5.56 Å². The second-order valence-corrected chi connectivity index (χ2v) is 5.16. The van der Waals surface area contributed by atoms with E-state index in [1.54, 1.807) is 27.1 Å². The van der Waals surface area contributed by atoms with E-state index in [4.69, 9.17) is 0 Å². The summed E-state index contributed by atoms with van der Waals surface area (Å²) >= 11 is 3.38. The van der Waals surface area contributed by atoms with Crippen molar-refractivity contribution in [3.05, 3.63) is 33.8 Å². The molecule has 18 heavy (non-hydrogen) atoms. The molecule has 1 N–H and O–H groups in total. The summed E-state index contributed by atoms with van der Waals surface area (Å²) < 4.78 is 0.756. The Kier molecular flexibility index (Phi) is 4.90. The summed E-state index contributed by atoms with van der Waals surface area (Å²) in [4.78, 5) is 25.2. The number of aryl methyl sites for hydroxylation is 1. The highest BCUT2D eigenvalue weighted by molar-refractivity contribution is 9.10. The third-order valence-electron chi connectivity index (χ3n) is 2.60. The van der Waals surface area contributed by atoms with Crippen LogP contribution in [-0.4, -0.2) is 36.9 Å². The Labute approximate surface area is 115 Å². The van der Waals surface area contributed by atoms with Gasteiger partial charge in [-0.2, -0.15) is 0 Å². The van der Waals surface area contributed by atoms with Gasteiger partial charge in [-0.25, -0.2) is 0 Å². The van der Waals surface area contributed by atoms with Crippen molar-refractivity contribution in [3.63, 3.8) is 0 Å². The van der Waals surface area contributed by atoms with Crippen molar-refractivity contribution in [1.29, 1.82) is 0 Å². The smallest absolute Gasteiger partial charge is 0.253 e. The van der Waals surface area contributed by atoms with E-state index in [9.17, 15) is 9.59 Å². The molecule has 1 rings (SSSR count). The molecule has 0 spiro atoms. The number of hydrogen-bond donors (Lipinski definition) is 1. The van der Waals surface area contributed by atoms with Crippen LogP contribution in [-0.2, 0) is 4.79 Å². The van der Waals surface area contributed by atoms with Gasteiger partial charge in [-0.1, -0.05) is 12.1 Å². The molecule has 0 radical (unpaired) electrons. The molecule has 0 aliphatic carbocycles. The minimum atomic E-state index is -0.542. The number of carbonyl (C=O) groups is 2. The van der Waals surface area contributed by atoms with Crippen molar-refractivity contribution in [2.75, 3.05) is 14.1 Å². The largest absolute Gasteiger partial charge is 0.347 e. The van der Waals surface area contributed by atoms with Gasteiger partial charge in [0.25, 0.3) is 5.91 Å². The van der Waals surface area contributed by atoms with E-state index in [1.165, 1.54) is 4.90 Å². The number of carbonyl (C=O) groups excluding carboxylic acids is 2. The number of nitrogens with one attached hydrogen (secondary N) is 1. The third kappa shape index (κ3) is 3.32. The number of nitrogens with zero attached hydrogens (tertiary/aromatic N) is 1. The number of halogens is 1. The summed E-state index contributed by atoms with van der Waals surface area (Å²) in [5.41, 5.74) is 1.52. The van der Waals surface area contributed by atoms with Crippen LogP contribution in [0.5, 0.6) is 0 Å². The zero-order valence-electron chi connectivity index (χ0n) is 11.0. The molecule has 0 aromatic heterocycles. The van der Waals surface area contributed by atoms with Gasteiger partial charge in [0.1, 0.15) is 6.04 Å². The maximum Gasteiger partial charge on any atom is 0.253 e. The third-order valence-corrected chi connectivity index (χ3v) is 3.65. The molecule has 0 aliphatic heterocycles. The van der Waals surface area contributed by atoms with Crippen LogP contribution in [0.15, 0.2) is 22.7 Å². The maximum atomic E-state index is 12.0. The quantitative estimate of drug-likeness (QED) is 0.927. The van der Waals surface area contributed by atoms with Crippen molar-refractivity contribution >= 4 is 27.7 Å². The fourth-order valence-electron chi connectivity index (χ4n) is 1.55. The molecule has 0 bridgehead atoms. The molecule has 98 valence electrons. The number of rotatable bonds is 3. The molecule has 2 amide bonds. The average molecular weight is 313 g/mol. The highest BCUT2D eigenvalue weighted by Gasteiger charge is 2.19. The van der Waals surface area contributed by atoms with E-state index >= 15 is 0 Å². The van der Waals surface area contributed by atoms with Gasteiger partial charge in [-0.05, 0) is 41.4 Å². The van der Waals surface area contributed by atoms with Crippen molar-refractivity contribution < 1.29 is 9.59 Å². The topological polar surface area (TPSA) is 49.4 Å². The predicted molar refractivity (Wildman–Crippen MR) is 74.5 cm³/mol. The van der Waals surface area contributed by atoms with Crippen LogP contribution in [0, 0.1) is 6.92 Å². The first kappa shape index (κ1) is 14.7. The van der Waals surface area contributed by atoms with Gasteiger partial charge in [0.2, 0.25) is 5.91 Å². The maximum absolute atomic E-state index is 12.0. The van der Waals surface area contributed by atoms with E-state index in [1.807, 2.05) is 19.1 Å². The van der Waals surface area contributed by atoms with Crippen LogP contribution >= 0.6 is 15.9 Å². The molecule has 1 aromatic rings. The summed E-state index contributed by atoms with van der Waals surface area (Å²) in [7, 11) is 3.32. The summed E-state index contributed by atoms with van der Waals surface area (Å²) in [5, 5.41) is 2.69. The van der Waals surface area contributed by atoms with Crippen molar-refractivity contribution in [2.24, 2.45) is 0 Å². The fraction of sp³-hybridized carbons (Fsp3) is 0.385. The lowest BCUT2D eigenvalue weighted by Gasteiger charge is -2.18. The predicted octanol–water partition coefficient (Wildman–Crippen LogP) is 1.96. The van der Waals surface area contributed by atoms with Crippen LogP contribution in [0.1, 0.15) is 22.8 Å². The van der Waals surface area contributed by atoms with Crippen molar-refractivity contribution in [2.45, 2.75) is 19.9 Å². The van der Waals surface area contributed by atoms with Gasteiger partial charge >= 0.3 is 0 Å². The van der Waals surface area contributed by atoms with Crippen LogP contribution in [0.2, 0.25) is 0 Å². The Balaban J connectivity index is 2.83. The van der Waals surface area contributed by atoms with Gasteiger partial charge in [-0.3, -0.25) is 9.59 Å². The second kappa shape index (κ2) is 6.00. The van der Waals surface area contributed by atoms with E-state index in [-0.39, 0.29) is 11.8 Å². The first-order valence-electron chi connectivity index (χ1n) is 5.61. The summed E-state index contributed by atoms with van der Waals surface area (Å²) in [6, 6.07) is 4.90. The molecule has 1 atom stereocenters. The zero-order valence-corrected chi connectivity index (χ0v) is 12.5. The molecule has 0 fully saturated rings. The molecule has 0 heterocycles. The molecule has 0 aliphatic rings. The minimum Gasteiger partial charge on any atom is -0.347 e. The molecule has 1 unspecified atom stereocenters. The van der Waals surface area contributed by atoms with Crippen LogP contribution in [0.3, 0.4) is 0 Å². The molecular weight excluding hydrogens is 296 g/mol. The summed E-state index contributed by atoms with van der Waals surface area (Å²) in [5.74, 6) is -0.389. The van der Waals surface area contributed by atoms with Gasteiger partial charge in [-0.15, -0.1) is 0 Å². The Morgan fingerprint density at radius 3 is 2.50 bits per heavy atom. The fourth-order valence-corrected chi connectivity index (χ4v) is 1.99. The lowest BCUT2D eigenvalue weighted by Crippen LogP contribution is -2.44. The summed E-state index contributed by atoms with van der Waals surface area (Å²) in [6.45, 7) is 3.58. The SMILES string of the molecule is Cc1cccc(C(=O)NC(C)C(=O)N(C)C)c1Br. The molecular formula is C13H17BrN2O2. The first-order valence-corrected chi connectivity index (χ1v) is 6.41. The normalized spacial score (nSPS) is 11.8. The van der Waals surface area contributed by atoms with Gasteiger partial charge in [0.15, 0.2) is 0 Å². The molecule has 5 heteroatoms. The number of likely N-dealkylation sites (N-methyl/N-ethyl adjacent to an activating group) is 1. The van der Waals surface area contributed by atoms with Gasteiger partial charge in [0.05, 0.1) is 5.56 Å². The standard InChI is InChI=1S/C13H17BrN2O2/c1-8-6-5-7-10(11(8)14)12(17)15-9(2)13(18)16(3)4/h5-7,9H,1-4H3,(H,15,17).